The first-order valence-electron chi connectivity index (χ1n) is 6.38. The maximum Gasteiger partial charge on any atom is 0.255 e. The summed E-state index contributed by atoms with van der Waals surface area (Å²) < 4.78 is 6.25. The molecule has 0 aliphatic rings. The fourth-order valence-corrected chi connectivity index (χ4v) is 2.47. The largest absolute Gasteiger partial charge is 0.497 e. The normalized spacial score (nSPS) is 10.2. The van der Waals surface area contributed by atoms with E-state index in [0.29, 0.717) is 5.56 Å². The lowest BCUT2D eigenvalue weighted by atomic mass is 10.1. The summed E-state index contributed by atoms with van der Waals surface area (Å²) in [6.45, 7) is 2.08. The van der Waals surface area contributed by atoms with Crippen LogP contribution in [0.1, 0.15) is 22.8 Å². The Labute approximate surface area is 132 Å². The SMILES string of the molecule is CCc1cc(I)ccc1NC(=O)c1ccc(OC)cc1. The van der Waals surface area contributed by atoms with Crippen molar-refractivity contribution < 1.29 is 9.53 Å². The molecule has 1 amide bonds. The van der Waals surface area contributed by atoms with Crippen molar-refractivity contribution in [1.82, 2.24) is 0 Å². The van der Waals surface area contributed by atoms with Crippen LogP contribution in [0.4, 0.5) is 5.69 Å². The maximum atomic E-state index is 12.2. The summed E-state index contributed by atoms with van der Waals surface area (Å²) in [6, 6.07) is 13.1. The number of aryl methyl sites for hydroxylation is 1. The number of halogens is 1. The topological polar surface area (TPSA) is 38.3 Å². The lowest BCUT2D eigenvalue weighted by Crippen LogP contribution is -2.13. The third-order valence-corrected chi connectivity index (χ3v) is 3.72. The van der Waals surface area contributed by atoms with Crippen LogP contribution in [0.5, 0.6) is 5.75 Å². The number of ether oxygens (including phenoxy) is 1. The van der Waals surface area contributed by atoms with E-state index in [-0.39, 0.29) is 5.91 Å². The third-order valence-electron chi connectivity index (χ3n) is 3.05. The van der Waals surface area contributed by atoms with Gasteiger partial charge in [-0.25, -0.2) is 0 Å². The summed E-state index contributed by atoms with van der Waals surface area (Å²) in [5.41, 5.74) is 2.62. The van der Waals surface area contributed by atoms with Crippen molar-refractivity contribution in [2.45, 2.75) is 13.3 Å². The molecule has 2 aromatic rings. The Morgan fingerprint density at radius 2 is 1.90 bits per heavy atom. The van der Waals surface area contributed by atoms with Gasteiger partial charge >= 0.3 is 0 Å². The molecule has 2 rings (SSSR count). The molecule has 0 spiro atoms. The number of nitrogens with one attached hydrogen (secondary N) is 1. The molecule has 0 fully saturated rings. The van der Waals surface area contributed by atoms with Crippen LogP contribution in [-0.2, 0) is 6.42 Å². The standard InChI is InChI=1S/C16H16INO2/c1-3-11-10-13(17)6-9-15(11)18-16(19)12-4-7-14(20-2)8-5-12/h4-10H,3H2,1-2H3,(H,18,19). The van der Waals surface area contributed by atoms with Crippen molar-refractivity contribution in [2.24, 2.45) is 0 Å². The maximum absolute atomic E-state index is 12.2. The summed E-state index contributed by atoms with van der Waals surface area (Å²) in [7, 11) is 1.61. The number of carbonyl (C=O) groups is 1. The monoisotopic (exact) mass is 381 g/mol. The molecule has 0 radical (unpaired) electrons. The summed E-state index contributed by atoms with van der Waals surface area (Å²) in [5, 5.41) is 2.96. The average Bonchev–Trinajstić information content (AvgIpc) is 2.49. The van der Waals surface area contributed by atoms with Crippen molar-refractivity contribution in [2.75, 3.05) is 12.4 Å². The molecule has 0 aromatic heterocycles. The first kappa shape index (κ1) is 14.8. The van der Waals surface area contributed by atoms with Crippen LogP contribution in [0.2, 0.25) is 0 Å². The minimum absolute atomic E-state index is 0.108. The number of amides is 1. The molecule has 0 unspecified atom stereocenters. The van der Waals surface area contributed by atoms with Gasteiger partial charge in [0.15, 0.2) is 0 Å². The predicted octanol–water partition coefficient (Wildman–Crippen LogP) is 4.11. The van der Waals surface area contributed by atoms with Gasteiger partial charge in [-0.05, 0) is 77.0 Å². The first-order valence-corrected chi connectivity index (χ1v) is 7.45. The zero-order valence-corrected chi connectivity index (χ0v) is 13.6. The minimum Gasteiger partial charge on any atom is -0.497 e. The molecule has 0 atom stereocenters. The van der Waals surface area contributed by atoms with E-state index >= 15 is 0 Å². The van der Waals surface area contributed by atoms with Crippen molar-refractivity contribution in [3.05, 3.63) is 57.2 Å². The Kier molecular flexibility index (Phi) is 5.00. The van der Waals surface area contributed by atoms with Gasteiger partial charge in [0.25, 0.3) is 5.91 Å². The average molecular weight is 381 g/mol. The fourth-order valence-electron chi connectivity index (χ4n) is 1.91. The molecule has 0 heterocycles. The van der Waals surface area contributed by atoms with Crippen LogP contribution in [0.15, 0.2) is 42.5 Å². The van der Waals surface area contributed by atoms with E-state index in [9.17, 15) is 4.79 Å². The number of rotatable bonds is 4. The van der Waals surface area contributed by atoms with Crippen LogP contribution in [-0.4, -0.2) is 13.0 Å². The molecular formula is C16H16INO2. The molecule has 1 N–H and O–H groups in total. The Morgan fingerprint density at radius 3 is 2.50 bits per heavy atom. The van der Waals surface area contributed by atoms with Gasteiger partial charge in [-0.15, -0.1) is 0 Å². The first-order chi connectivity index (χ1) is 9.63. The van der Waals surface area contributed by atoms with Crippen molar-refractivity contribution in [3.8, 4) is 5.75 Å². The van der Waals surface area contributed by atoms with Crippen LogP contribution in [0.25, 0.3) is 0 Å². The number of methoxy groups -OCH3 is 1. The second kappa shape index (κ2) is 6.74. The Morgan fingerprint density at radius 1 is 1.20 bits per heavy atom. The van der Waals surface area contributed by atoms with E-state index < -0.39 is 0 Å². The molecule has 0 aliphatic carbocycles. The molecule has 3 nitrogen and oxygen atoms in total. The Bertz CT molecular complexity index is 608. The van der Waals surface area contributed by atoms with E-state index in [0.717, 1.165) is 23.4 Å². The van der Waals surface area contributed by atoms with E-state index in [2.05, 4.69) is 40.9 Å². The lowest BCUT2D eigenvalue weighted by molar-refractivity contribution is 0.102. The van der Waals surface area contributed by atoms with Gasteiger partial charge in [-0.3, -0.25) is 4.79 Å². The van der Waals surface area contributed by atoms with Gasteiger partial charge in [0.05, 0.1) is 7.11 Å². The molecule has 2 aromatic carbocycles. The van der Waals surface area contributed by atoms with Crippen LogP contribution >= 0.6 is 22.6 Å². The van der Waals surface area contributed by atoms with Gasteiger partial charge in [-0.1, -0.05) is 6.92 Å². The zero-order chi connectivity index (χ0) is 14.5. The quantitative estimate of drug-likeness (QED) is 0.810. The molecule has 104 valence electrons. The molecule has 0 aliphatic heterocycles. The highest BCUT2D eigenvalue weighted by molar-refractivity contribution is 14.1. The summed E-state index contributed by atoms with van der Waals surface area (Å²) in [4.78, 5) is 12.2. The number of anilines is 1. The predicted molar refractivity (Wildman–Crippen MR) is 89.5 cm³/mol. The van der Waals surface area contributed by atoms with Crippen molar-refractivity contribution >= 4 is 34.2 Å². The van der Waals surface area contributed by atoms with E-state index in [4.69, 9.17) is 4.74 Å². The second-order valence-corrected chi connectivity index (χ2v) is 5.58. The van der Waals surface area contributed by atoms with Gasteiger partial charge in [-0.2, -0.15) is 0 Å². The summed E-state index contributed by atoms with van der Waals surface area (Å²) in [5.74, 6) is 0.633. The summed E-state index contributed by atoms with van der Waals surface area (Å²) in [6.07, 6.45) is 0.884. The Hall–Kier alpha value is -1.56. The fraction of sp³-hybridized carbons (Fsp3) is 0.188. The van der Waals surface area contributed by atoms with Crippen LogP contribution in [0.3, 0.4) is 0 Å². The molecule has 0 bridgehead atoms. The number of benzene rings is 2. The van der Waals surface area contributed by atoms with E-state index in [1.54, 1.807) is 31.4 Å². The molecule has 0 saturated heterocycles. The van der Waals surface area contributed by atoms with Crippen LogP contribution < -0.4 is 10.1 Å². The number of hydrogen-bond donors (Lipinski definition) is 1. The molecule has 20 heavy (non-hydrogen) atoms. The van der Waals surface area contributed by atoms with Crippen molar-refractivity contribution in [1.29, 1.82) is 0 Å². The zero-order valence-electron chi connectivity index (χ0n) is 11.4. The third kappa shape index (κ3) is 3.50. The van der Waals surface area contributed by atoms with Gasteiger partial charge in [0.1, 0.15) is 5.75 Å². The highest BCUT2D eigenvalue weighted by atomic mass is 127. The number of carbonyl (C=O) groups excluding carboxylic acids is 1. The minimum atomic E-state index is -0.108. The van der Waals surface area contributed by atoms with Gasteiger partial charge in [0, 0.05) is 14.8 Å². The van der Waals surface area contributed by atoms with E-state index in [1.165, 1.54) is 3.57 Å². The number of hydrogen-bond acceptors (Lipinski definition) is 2. The molecule has 0 saturated carbocycles. The van der Waals surface area contributed by atoms with Gasteiger partial charge < -0.3 is 10.1 Å². The highest BCUT2D eigenvalue weighted by Gasteiger charge is 2.09. The molecule has 4 heteroatoms. The second-order valence-electron chi connectivity index (χ2n) is 4.34. The summed E-state index contributed by atoms with van der Waals surface area (Å²) >= 11 is 2.27. The Balaban J connectivity index is 2.18. The highest BCUT2D eigenvalue weighted by Crippen LogP contribution is 2.20. The van der Waals surface area contributed by atoms with Gasteiger partial charge in [0.2, 0.25) is 0 Å². The van der Waals surface area contributed by atoms with E-state index in [1.807, 2.05) is 12.1 Å². The van der Waals surface area contributed by atoms with Crippen LogP contribution in [0, 0.1) is 3.57 Å². The molecular weight excluding hydrogens is 365 g/mol. The van der Waals surface area contributed by atoms with Crippen molar-refractivity contribution in [3.63, 3.8) is 0 Å². The smallest absolute Gasteiger partial charge is 0.255 e. The lowest BCUT2D eigenvalue weighted by Gasteiger charge is -2.10.